The molecule has 0 atom stereocenters. The van der Waals surface area contributed by atoms with Crippen LogP contribution >= 0.6 is 0 Å². The van der Waals surface area contributed by atoms with Gasteiger partial charge >= 0.3 is 0 Å². The van der Waals surface area contributed by atoms with E-state index in [9.17, 15) is 4.79 Å². The summed E-state index contributed by atoms with van der Waals surface area (Å²) in [6.07, 6.45) is 0. The zero-order chi connectivity index (χ0) is 16.0. The molecule has 4 rings (SSSR count). The Morgan fingerprint density at radius 3 is 2.57 bits per heavy atom. The molecule has 2 heterocycles. The molecule has 0 spiro atoms. The van der Waals surface area contributed by atoms with Crippen LogP contribution in [0.3, 0.4) is 0 Å². The van der Waals surface area contributed by atoms with Crippen LogP contribution in [0.25, 0.3) is 22.0 Å². The molecule has 0 unspecified atom stereocenters. The Balaban J connectivity index is 2.07. The van der Waals surface area contributed by atoms with Crippen molar-refractivity contribution >= 4 is 10.8 Å². The fraction of sp³-hybridized carbons (Fsp3) is 0.167. The Labute approximate surface area is 132 Å². The zero-order valence-corrected chi connectivity index (χ0v) is 12.8. The first-order valence-electron chi connectivity index (χ1n) is 7.24. The van der Waals surface area contributed by atoms with Gasteiger partial charge in [0.25, 0.3) is 5.56 Å². The molecule has 2 aromatic carbocycles. The smallest absolute Gasteiger partial charge is 0.261 e. The number of rotatable bonds is 2. The largest absolute Gasteiger partial charge is 0.493 e. The fourth-order valence-electron chi connectivity index (χ4n) is 2.97. The average molecular weight is 309 g/mol. The molecule has 5 nitrogen and oxygen atoms in total. The van der Waals surface area contributed by atoms with Crippen molar-refractivity contribution in [3.05, 3.63) is 52.8 Å². The molecule has 23 heavy (non-hydrogen) atoms. The van der Waals surface area contributed by atoms with E-state index in [2.05, 4.69) is 0 Å². The predicted octanol–water partition coefficient (Wildman–Crippen LogP) is 3.04. The van der Waals surface area contributed by atoms with E-state index >= 15 is 0 Å². The van der Waals surface area contributed by atoms with Gasteiger partial charge in [-0.05, 0) is 35.7 Å². The van der Waals surface area contributed by atoms with Crippen LogP contribution in [-0.4, -0.2) is 18.8 Å². The van der Waals surface area contributed by atoms with Gasteiger partial charge in [0.15, 0.2) is 18.2 Å². The molecule has 1 aromatic heterocycles. The van der Waals surface area contributed by atoms with Crippen molar-refractivity contribution in [2.24, 2.45) is 0 Å². The second kappa shape index (κ2) is 5.05. The van der Waals surface area contributed by atoms with Crippen LogP contribution in [0.1, 0.15) is 0 Å². The van der Waals surface area contributed by atoms with Gasteiger partial charge < -0.3 is 14.2 Å². The lowest BCUT2D eigenvalue weighted by atomic mass is 10.0. The minimum Gasteiger partial charge on any atom is -0.493 e. The highest BCUT2D eigenvalue weighted by molar-refractivity contribution is 5.89. The number of nitrogens with zero attached hydrogens (tertiary/aromatic N) is 1. The number of methoxy groups -OCH3 is 2. The minimum atomic E-state index is -0.104. The van der Waals surface area contributed by atoms with E-state index in [0.717, 1.165) is 22.4 Å². The van der Waals surface area contributed by atoms with Gasteiger partial charge in [0, 0.05) is 5.56 Å². The summed E-state index contributed by atoms with van der Waals surface area (Å²) >= 11 is 0. The van der Waals surface area contributed by atoms with Crippen molar-refractivity contribution in [3.63, 3.8) is 0 Å². The van der Waals surface area contributed by atoms with E-state index < -0.39 is 0 Å². The van der Waals surface area contributed by atoms with Crippen LogP contribution in [-0.2, 0) is 6.73 Å². The summed E-state index contributed by atoms with van der Waals surface area (Å²) in [6.45, 7) is 0.204. The number of hydrogen-bond donors (Lipinski definition) is 0. The summed E-state index contributed by atoms with van der Waals surface area (Å²) in [4.78, 5) is 12.8. The van der Waals surface area contributed by atoms with Crippen molar-refractivity contribution in [3.8, 4) is 28.5 Å². The molecule has 0 N–H and O–H groups in total. The third-order valence-corrected chi connectivity index (χ3v) is 4.13. The number of pyridine rings is 1. The van der Waals surface area contributed by atoms with Gasteiger partial charge in [-0.15, -0.1) is 0 Å². The molecular weight excluding hydrogens is 294 g/mol. The maximum atomic E-state index is 12.8. The SMILES string of the molecule is COc1cc2cc3n(c(=O)c2cc1OC)COc1ccccc1-3. The van der Waals surface area contributed by atoms with Gasteiger partial charge in [-0.3, -0.25) is 9.36 Å². The van der Waals surface area contributed by atoms with Crippen LogP contribution in [0.15, 0.2) is 47.3 Å². The van der Waals surface area contributed by atoms with E-state index in [-0.39, 0.29) is 12.3 Å². The molecule has 0 aliphatic carbocycles. The molecule has 0 fully saturated rings. The van der Waals surface area contributed by atoms with Crippen LogP contribution in [0.5, 0.6) is 17.2 Å². The molecule has 1 aliphatic heterocycles. The van der Waals surface area contributed by atoms with Crippen LogP contribution in [0.2, 0.25) is 0 Å². The number of hydrogen-bond acceptors (Lipinski definition) is 4. The molecule has 3 aromatic rings. The van der Waals surface area contributed by atoms with E-state index in [1.807, 2.05) is 36.4 Å². The maximum Gasteiger partial charge on any atom is 0.261 e. The lowest BCUT2D eigenvalue weighted by Crippen LogP contribution is -2.27. The van der Waals surface area contributed by atoms with E-state index in [1.165, 1.54) is 0 Å². The Kier molecular flexibility index (Phi) is 3.01. The molecule has 116 valence electrons. The van der Waals surface area contributed by atoms with Crippen molar-refractivity contribution in [1.29, 1.82) is 0 Å². The number of ether oxygens (including phenoxy) is 3. The molecule has 0 amide bonds. The first kappa shape index (κ1) is 13.7. The predicted molar refractivity (Wildman–Crippen MR) is 87.4 cm³/mol. The summed E-state index contributed by atoms with van der Waals surface area (Å²) in [5, 5.41) is 1.39. The second-order valence-corrected chi connectivity index (χ2v) is 5.33. The maximum absolute atomic E-state index is 12.8. The number of benzene rings is 2. The standard InChI is InChI=1S/C18H15NO4/c1-21-16-8-11-7-14-12-5-3-4-6-15(12)23-10-19(14)18(20)13(11)9-17(16)22-2/h3-9H,10H2,1-2H3. The lowest BCUT2D eigenvalue weighted by molar-refractivity contribution is 0.226. The van der Waals surface area contributed by atoms with Gasteiger partial charge in [0.05, 0.1) is 25.3 Å². The molecule has 0 radical (unpaired) electrons. The summed E-state index contributed by atoms with van der Waals surface area (Å²) in [6, 6.07) is 13.2. The molecular formula is C18H15NO4. The molecule has 0 bridgehead atoms. The topological polar surface area (TPSA) is 49.7 Å². The summed E-state index contributed by atoms with van der Waals surface area (Å²) in [5.74, 6) is 1.92. The van der Waals surface area contributed by atoms with E-state index in [4.69, 9.17) is 14.2 Å². The van der Waals surface area contributed by atoms with Gasteiger partial charge in [0.1, 0.15) is 5.75 Å². The Morgan fingerprint density at radius 1 is 1.04 bits per heavy atom. The highest BCUT2D eigenvalue weighted by Crippen LogP contribution is 2.36. The van der Waals surface area contributed by atoms with Gasteiger partial charge in [-0.2, -0.15) is 0 Å². The summed E-state index contributed by atoms with van der Waals surface area (Å²) < 4.78 is 18.0. The molecule has 0 saturated carbocycles. The third-order valence-electron chi connectivity index (χ3n) is 4.13. The van der Waals surface area contributed by atoms with Gasteiger partial charge in [-0.1, -0.05) is 12.1 Å². The fourth-order valence-corrected chi connectivity index (χ4v) is 2.97. The van der Waals surface area contributed by atoms with Crippen molar-refractivity contribution in [2.45, 2.75) is 6.73 Å². The van der Waals surface area contributed by atoms with Crippen LogP contribution in [0.4, 0.5) is 0 Å². The molecule has 1 aliphatic rings. The average Bonchev–Trinajstić information content (AvgIpc) is 2.60. The second-order valence-electron chi connectivity index (χ2n) is 5.33. The number of para-hydroxylation sites is 1. The number of aromatic nitrogens is 1. The molecule has 5 heteroatoms. The van der Waals surface area contributed by atoms with Crippen molar-refractivity contribution < 1.29 is 14.2 Å². The van der Waals surface area contributed by atoms with E-state index in [0.29, 0.717) is 16.9 Å². The Morgan fingerprint density at radius 2 is 1.78 bits per heavy atom. The first-order valence-corrected chi connectivity index (χ1v) is 7.24. The first-order chi connectivity index (χ1) is 11.2. The Bertz CT molecular complexity index is 975. The van der Waals surface area contributed by atoms with Crippen molar-refractivity contribution in [1.82, 2.24) is 4.57 Å². The highest BCUT2D eigenvalue weighted by Gasteiger charge is 2.20. The minimum absolute atomic E-state index is 0.104. The summed E-state index contributed by atoms with van der Waals surface area (Å²) in [7, 11) is 3.14. The van der Waals surface area contributed by atoms with Gasteiger partial charge in [-0.25, -0.2) is 0 Å². The highest BCUT2D eigenvalue weighted by atomic mass is 16.5. The Hall–Kier alpha value is -2.95. The normalized spacial score (nSPS) is 12.3. The number of fused-ring (bicyclic) bond motifs is 4. The van der Waals surface area contributed by atoms with Crippen LogP contribution in [0, 0.1) is 0 Å². The van der Waals surface area contributed by atoms with E-state index in [1.54, 1.807) is 24.9 Å². The summed E-state index contributed by atoms with van der Waals surface area (Å²) in [5.41, 5.74) is 1.65. The van der Waals surface area contributed by atoms with Crippen molar-refractivity contribution in [2.75, 3.05) is 14.2 Å². The quantitative estimate of drug-likeness (QED) is 0.730. The zero-order valence-electron chi connectivity index (χ0n) is 12.8. The monoisotopic (exact) mass is 309 g/mol. The third kappa shape index (κ3) is 1.97. The lowest BCUT2D eigenvalue weighted by Gasteiger charge is -2.23. The van der Waals surface area contributed by atoms with Gasteiger partial charge in [0.2, 0.25) is 0 Å². The molecule has 0 saturated heterocycles. The van der Waals surface area contributed by atoms with Crippen LogP contribution < -0.4 is 19.8 Å².